The molecule has 2 nitrogen and oxygen atoms in total. The van der Waals surface area contributed by atoms with Gasteiger partial charge in [-0.2, -0.15) is 0 Å². The van der Waals surface area contributed by atoms with Gasteiger partial charge < -0.3 is 5.11 Å². The van der Waals surface area contributed by atoms with Gasteiger partial charge in [-0.15, -0.1) is 11.3 Å². The maximum absolute atomic E-state index is 10.5. The number of carboxylic acids is 1. The highest BCUT2D eigenvalue weighted by Gasteiger charge is 2.04. The summed E-state index contributed by atoms with van der Waals surface area (Å²) in [6, 6.07) is 11.6. The molecule has 0 bridgehead atoms. The van der Waals surface area contributed by atoms with Crippen LogP contribution in [0.15, 0.2) is 36.4 Å². The van der Waals surface area contributed by atoms with Gasteiger partial charge in [0.05, 0.1) is 6.42 Å². The smallest absolute Gasteiger partial charge is 0.303 e. The van der Waals surface area contributed by atoms with Crippen molar-refractivity contribution in [2.45, 2.75) is 12.8 Å². The summed E-state index contributed by atoms with van der Waals surface area (Å²) in [5.41, 5.74) is 1.11. The van der Waals surface area contributed by atoms with Crippen molar-refractivity contribution in [1.82, 2.24) is 0 Å². The minimum atomic E-state index is -0.758. The molecule has 4 heteroatoms. The molecule has 0 unspecified atom stereocenters. The number of aryl methyl sites for hydroxylation is 1. The molecule has 1 heterocycles. The van der Waals surface area contributed by atoms with E-state index in [0.29, 0.717) is 6.42 Å². The Morgan fingerprint density at radius 2 is 1.88 bits per heavy atom. The molecule has 1 aromatic carbocycles. The second-order valence-electron chi connectivity index (χ2n) is 3.67. The minimum Gasteiger partial charge on any atom is -0.481 e. The monoisotopic (exact) mass is 266 g/mol. The molecule has 0 aliphatic heterocycles. The topological polar surface area (TPSA) is 37.3 Å². The second-order valence-corrected chi connectivity index (χ2v) is 5.27. The fourth-order valence-electron chi connectivity index (χ4n) is 1.51. The highest BCUT2D eigenvalue weighted by molar-refractivity contribution is 7.15. The van der Waals surface area contributed by atoms with Crippen LogP contribution in [0.4, 0.5) is 0 Å². The van der Waals surface area contributed by atoms with Gasteiger partial charge in [-0.05, 0) is 36.2 Å². The summed E-state index contributed by atoms with van der Waals surface area (Å²) >= 11 is 7.45. The Balaban J connectivity index is 2.12. The normalized spacial score (nSPS) is 10.4. The van der Waals surface area contributed by atoms with Gasteiger partial charge in [0.25, 0.3) is 0 Å². The number of carboxylic acid groups (broad SMARTS) is 1. The van der Waals surface area contributed by atoms with Gasteiger partial charge in [0.1, 0.15) is 0 Å². The third-order valence-electron chi connectivity index (χ3n) is 2.38. The number of benzene rings is 1. The zero-order chi connectivity index (χ0) is 12.3. The largest absolute Gasteiger partial charge is 0.481 e. The third kappa shape index (κ3) is 3.32. The molecule has 0 fully saturated rings. The SMILES string of the molecule is O=C(O)CCc1ccc(-c2ccc(Cl)cc2)s1. The lowest BCUT2D eigenvalue weighted by molar-refractivity contribution is -0.136. The van der Waals surface area contributed by atoms with Crippen LogP contribution in [0.2, 0.25) is 5.02 Å². The highest BCUT2D eigenvalue weighted by Crippen LogP contribution is 2.29. The summed E-state index contributed by atoms with van der Waals surface area (Å²) in [6.07, 6.45) is 0.772. The van der Waals surface area contributed by atoms with Crippen molar-refractivity contribution in [2.24, 2.45) is 0 Å². The fraction of sp³-hybridized carbons (Fsp3) is 0.154. The predicted octanol–water partition coefficient (Wildman–Crippen LogP) is 4.09. The maximum atomic E-state index is 10.5. The van der Waals surface area contributed by atoms with Crippen molar-refractivity contribution in [3.8, 4) is 10.4 Å². The van der Waals surface area contributed by atoms with Crippen molar-refractivity contribution in [2.75, 3.05) is 0 Å². The predicted molar refractivity (Wildman–Crippen MR) is 70.7 cm³/mol. The van der Waals surface area contributed by atoms with Gasteiger partial charge >= 0.3 is 5.97 Å². The van der Waals surface area contributed by atoms with Crippen LogP contribution in [0, 0.1) is 0 Å². The van der Waals surface area contributed by atoms with E-state index in [4.69, 9.17) is 16.7 Å². The number of thiophene rings is 1. The fourth-order valence-corrected chi connectivity index (χ4v) is 2.65. The molecule has 0 radical (unpaired) electrons. The Morgan fingerprint density at radius 3 is 2.53 bits per heavy atom. The maximum Gasteiger partial charge on any atom is 0.303 e. The lowest BCUT2D eigenvalue weighted by atomic mass is 10.2. The van der Waals surface area contributed by atoms with Crippen LogP contribution in [0.25, 0.3) is 10.4 Å². The van der Waals surface area contributed by atoms with Crippen LogP contribution in [0.1, 0.15) is 11.3 Å². The molecule has 0 saturated carbocycles. The van der Waals surface area contributed by atoms with Crippen LogP contribution in [0.5, 0.6) is 0 Å². The molecular weight excluding hydrogens is 256 g/mol. The zero-order valence-corrected chi connectivity index (χ0v) is 10.6. The van der Waals surface area contributed by atoms with Crippen LogP contribution in [-0.2, 0) is 11.2 Å². The van der Waals surface area contributed by atoms with Crippen LogP contribution in [-0.4, -0.2) is 11.1 Å². The summed E-state index contributed by atoms with van der Waals surface area (Å²) in [4.78, 5) is 12.7. The van der Waals surface area contributed by atoms with Gasteiger partial charge in [-0.3, -0.25) is 4.79 Å². The number of halogens is 1. The van der Waals surface area contributed by atoms with E-state index in [1.165, 1.54) is 0 Å². The van der Waals surface area contributed by atoms with E-state index in [1.54, 1.807) is 11.3 Å². The van der Waals surface area contributed by atoms with Crippen molar-refractivity contribution in [3.05, 3.63) is 46.3 Å². The van der Waals surface area contributed by atoms with Gasteiger partial charge in [0.15, 0.2) is 0 Å². The first-order chi connectivity index (χ1) is 8.15. The average Bonchev–Trinajstić information content (AvgIpc) is 2.76. The second kappa shape index (κ2) is 5.34. The van der Waals surface area contributed by atoms with Crippen molar-refractivity contribution in [1.29, 1.82) is 0 Å². The highest BCUT2D eigenvalue weighted by atomic mass is 35.5. The summed E-state index contributed by atoms with van der Waals surface area (Å²) < 4.78 is 0. The molecular formula is C13H11ClO2S. The van der Waals surface area contributed by atoms with Gasteiger partial charge in [0.2, 0.25) is 0 Å². The Morgan fingerprint density at radius 1 is 1.18 bits per heavy atom. The molecule has 0 amide bonds. The lowest BCUT2D eigenvalue weighted by Gasteiger charge is -1.97. The first-order valence-electron chi connectivity index (χ1n) is 5.21. The number of rotatable bonds is 4. The summed E-state index contributed by atoms with van der Waals surface area (Å²) in [6.45, 7) is 0. The van der Waals surface area contributed by atoms with Crippen LogP contribution < -0.4 is 0 Å². The van der Waals surface area contributed by atoms with Crippen molar-refractivity contribution < 1.29 is 9.90 Å². The Bertz CT molecular complexity index is 516. The van der Waals surface area contributed by atoms with Crippen molar-refractivity contribution in [3.63, 3.8) is 0 Å². The Hall–Kier alpha value is -1.32. The third-order valence-corrected chi connectivity index (χ3v) is 3.82. The first kappa shape index (κ1) is 12.1. The minimum absolute atomic E-state index is 0.181. The molecule has 88 valence electrons. The first-order valence-corrected chi connectivity index (χ1v) is 6.41. The van der Waals surface area contributed by atoms with E-state index in [1.807, 2.05) is 36.4 Å². The molecule has 17 heavy (non-hydrogen) atoms. The summed E-state index contributed by atoms with van der Waals surface area (Å²) in [7, 11) is 0. The van der Waals surface area contributed by atoms with Crippen LogP contribution in [0.3, 0.4) is 0 Å². The quantitative estimate of drug-likeness (QED) is 0.905. The lowest BCUT2D eigenvalue weighted by Crippen LogP contribution is -1.95. The molecule has 0 aliphatic rings. The van der Waals surface area contributed by atoms with Gasteiger partial charge in [-0.1, -0.05) is 23.7 Å². The van der Waals surface area contributed by atoms with Gasteiger partial charge in [0, 0.05) is 14.8 Å². The summed E-state index contributed by atoms with van der Waals surface area (Å²) in [5, 5.41) is 9.34. The van der Waals surface area contributed by atoms with E-state index in [0.717, 1.165) is 20.3 Å². The molecule has 1 aromatic heterocycles. The van der Waals surface area contributed by atoms with Crippen molar-refractivity contribution >= 4 is 28.9 Å². The van der Waals surface area contributed by atoms with Gasteiger partial charge in [-0.25, -0.2) is 0 Å². The molecule has 0 spiro atoms. The van der Waals surface area contributed by atoms with E-state index >= 15 is 0 Å². The van der Waals surface area contributed by atoms with E-state index in [-0.39, 0.29) is 6.42 Å². The van der Waals surface area contributed by atoms with E-state index < -0.39 is 5.97 Å². The zero-order valence-electron chi connectivity index (χ0n) is 9.02. The number of aliphatic carboxylic acids is 1. The molecule has 1 N–H and O–H groups in total. The average molecular weight is 267 g/mol. The number of carbonyl (C=O) groups is 1. The molecule has 2 rings (SSSR count). The molecule has 0 atom stereocenters. The van der Waals surface area contributed by atoms with Crippen LogP contribution >= 0.6 is 22.9 Å². The Kier molecular flexibility index (Phi) is 3.82. The Labute approximate surface area is 108 Å². The molecule has 0 aliphatic carbocycles. The van der Waals surface area contributed by atoms with E-state index in [9.17, 15) is 4.79 Å². The standard InChI is InChI=1S/C13H11ClO2S/c14-10-3-1-9(2-4-10)12-7-5-11(17-12)6-8-13(15)16/h1-5,7H,6,8H2,(H,15,16). The summed E-state index contributed by atoms with van der Waals surface area (Å²) in [5.74, 6) is -0.758. The number of hydrogen-bond donors (Lipinski definition) is 1. The molecule has 0 saturated heterocycles. The molecule has 2 aromatic rings. The van der Waals surface area contributed by atoms with E-state index in [2.05, 4.69) is 0 Å². The number of hydrogen-bond acceptors (Lipinski definition) is 2.